The molecule has 0 saturated heterocycles. The maximum atomic E-state index is 13.7. The molecular weight excluding hydrogens is 394 g/mol. The normalized spacial score (nSPS) is 18.4. The van der Waals surface area contributed by atoms with Crippen molar-refractivity contribution in [2.75, 3.05) is 10.9 Å². The molecular formula is C20H27N3O5S. The van der Waals surface area contributed by atoms with E-state index in [2.05, 4.69) is 0 Å². The Hall–Kier alpha value is -2.55. The molecule has 0 fully saturated rings. The van der Waals surface area contributed by atoms with E-state index in [0.717, 1.165) is 20.9 Å². The third-order valence-electron chi connectivity index (χ3n) is 5.35. The van der Waals surface area contributed by atoms with Gasteiger partial charge in [0.1, 0.15) is 5.75 Å². The van der Waals surface area contributed by atoms with Gasteiger partial charge in [0, 0.05) is 20.3 Å². The molecule has 0 radical (unpaired) electrons. The number of sulfonamides is 1. The maximum absolute atomic E-state index is 13.7. The lowest BCUT2D eigenvalue weighted by Gasteiger charge is -2.46. The van der Waals surface area contributed by atoms with E-state index in [1.807, 2.05) is 33.8 Å². The molecule has 1 atom stereocenters. The first-order chi connectivity index (χ1) is 13.4. The van der Waals surface area contributed by atoms with Crippen LogP contribution >= 0.6 is 0 Å². The van der Waals surface area contributed by atoms with Gasteiger partial charge in [0.2, 0.25) is 0 Å². The lowest BCUT2D eigenvalue weighted by atomic mass is 9.82. The number of fused-ring (bicyclic) bond motifs is 1. The van der Waals surface area contributed by atoms with Crippen molar-refractivity contribution in [3.63, 3.8) is 0 Å². The fourth-order valence-corrected chi connectivity index (χ4v) is 6.14. The maximum Gasteiger partial charge on any atom is 0.330 e. The zero-order valence-corrected chi connectivity index (χ0v) is 18.4. The van der Waals surface area contributed by atoms with E-state index in [-0.39, 0.29) is 5.92 Å². The van der Waals surface area contributed by atoms with Gasteiger partial charge in [-0.15, -0.1) is 0 Å². The second-order valence-corrected chi connectivity index (χ2v) is 9.85. The van der Waals surface area contributed by atoms with Gasteiger partial charge in [0.05, 0.1) is 17.8 Å². The Morgan fingerprint density at radius 2 is 1.86 bits per heavy atom. The van der Waals surface area contributed by atoms with E-state index in [9.17, 15) is 18.0 Å². The van der Waals surface area contributed by atoms with Gasteiger partial charge in [-0.25, -0.2) is 13.2 Å². The van der Waals surface area contributed by atoms with E-state index in [4.69, 9.17) is 4.74 Å². The molecule has 2 aromatic rings. The highest BCUT2D eigenvalue weighted by Gasteiger charge is 2.45. The molecule has 0 N–H and O–H groups in total. The molecule has 0 amide bonds. The van der Waals surface area contributed by atoms with Gasteiger partial charge >= 0.3 is 5.69 Å². The molecule has 0 bridgehead atoms. The van der Waals surface area contributed by atoms with E-state index in [0.29, 0.717) is 24.5 Å². The van der Waals surface area contributed by atoms with Crippen molar-refractivity contribution in [2.24, 2.45) is 14.1 Å². The minimum Gasteiger partial charge on any atom is -0.494 e. The van der Waals surface area contributed by atoms with Crippen LogP contribution in [0, 0.1) is 0 Å². The van der Waals surface area contributed by atoms with Crippen LogP contribution in [0.5, 0.6) is 5.75 Å². The van der Waals surface area contributed by atoms with Crippen molar-refractivity contribution in [2.45, 2.75) is 50.5 Å². The van der Waals surface area contributed by atoms with Crippen LogP contribution in [-0.4, -0.2) is 29.7 Å². The molecule has 158 valence electrons. The van der Waals surface area contributed by atoms with Crippen LogP contribution in [0.15, 0.2) is 38.9 Å². The summed E-state index contributed by atoms with van der Waals surface area (Å²) in [6, 6.07) is 5.32. The summed E-state index contributed by atoms with van der Waals surface area (Å²) in [5.41, 5.74) is -0.816. The van der Waals surface area contributed by atoms with Gasteiger partial charge in [-0.3, -0.25) is 13.7 Å². The Labute approximate surface area is 170 Å². The monoisotopic (exact) mass is 421 g/mol. The zero-order valence-electron chi connectivity index (χ0n) is 17.6. The summed E-state index contributed by atoms with van der Waals surface area (Å²) in [6.07, 6.45) is 1.67. The lowest BCUT2D eigenvalue weighted by molar-refractivity contribution is 0.338. The SMILES string of the molecule is CCOc1ccc2c(c1)[C@H](C)CC(C)(C)N2S(=O)(=O)c1cn(C)c(=O)n(C)c1=O. The molecule has 9 heteroatoms. The van der Waals surface area contributed by atoms with Crippen LogP contribution in [0.2, 0.25) is 0 Å². The van der Waals surface area contributed by atoms with Crippen LogP contribution < -0.4 is 20.3 Å². The topological polar surface area (TPSA) is 90.6 Å². The summed E-state index contributed by atoms with van der Waals surface area (Å²) in [6.45, 7) is 8.12. The van der Waals surface area contributed by atoms with Crippen LogP contribution in [0.4, 0.5) is 5.69 Å². The predicted octanol–water partition coefficient (Wildman–Crippen LogP) is 1.96. The van der Waals surface area contributed by atoms with Crippen molar-refractivity contribution in [3.05, 3.63) is 50.8 Å². The van der Waals surface area contributed by atoms with E-state index < -0.39 is 31.7 Å². The fraction of sp³-hybridized carbons (Fsp3) is 0.500. The smallest absolute Gasteiger partial charge is 0.330 e. The van der Waals surface area contributed by atoms with Crippen LogP contribution in [0.3, 0.4) is 0 Å². The number of nitrogens with zero attached hydrogens (tertiary/aromatic N) is 3. The van der Waals surface area contributed by atoms with Gasteiger partial charge in [0.15, 0.2) is 4.90 Å². The molecule has 0 aliphatic carbocycles. The quantitative estimate of drug-likeness (QED) is 0.753. The summed E-state index contributed by atoms with van der Waals surface area (Å²) in [5, 5.41) is 0. The highest BCUT2D eigenvalue weighted by Crippen LogP contribution is 2.46. The molecule has 1 aliphatic heterocycles. The van der Waals surface area contributed by atoms with Gasteiger partial charge in [-0.05, 0) is 56.9 Å². The summed E-state index contributed by atoms with van der Waals surface area (Å²) in [7, 11) is -1.53. The van der Waals surface area contributed by atoms with Crippen molar-refractivity contribution < 1.29 is 13.2 Å². The van der Waals surface area contributed by atoms with Crippen molar-refractivity contribution >= 4 is 15.7 Å². The van der Waals surface area contributed by atoms with Crippen LogP contribution in [0.1, 0.15) is 45.6 Å². The average molecular weight is 422 g/mol. The molecule has 8 nitrogen and oxygen atoms in total. The van der Waals surface area contributed by atoms with E-state index in [1.165, 1.54) is 18.4 Å². The van der Waals surface area contributed by atoms with Crippen LogP contribution in [0.25, 0.3) is 0 Å². The molecule has 3 rings (SSSR count). The summed E-state index contributed by atoms with van der Waals surface area (Å²) < 4.78 is 36.2. The lowest BCUT2D eigenvalue weighted by Crippen LogP contribution is -2.53. The summed E-state index contributed by atoms with van der Waals surface area (Å²) in [5.74, 6) is 0.781. The first-order valence-corrected chi connectivity index (χ1v) is 10.9. The Balaban J connectivity index is 2.28. The largest absolute Gasteiger partial charge is 0.494 e. The molecule has 2 heterocycles. The second-order valence-electron chi connectivity index (χ2n) is 8.09. The van der Waals surface area contributed by atoms with Gasteiger partial charge < -0.3 is 9.30 Å². The van der Waals surface area contributed by atoms with Gasteiger partial charge in [-0.2, -0.15) is 0 Å². The Kier molecular flexibility index (Phi) is 5.15. The van der Waals surface area contributed by atoms with Gasteiger partial charge in [0.25, 0.3) is 15.6 Å². The number of benzene rings is 1. The number of aromatic nitrogens is 2. The second kappa shape index (κ2) is 7.05. The average Bonchev–Trinajstić information content (AvgIpc) is 2.62. The number of rotatable bonds is 4. The van der Waals surface area contributed by atoms with Crippen molar-refractivity contribution in [1.29, 1.82) is 0 Å². The molecule has 1 aromatic heterocycles. The number of hydrogen-bond acceptors (Lipinski definition) is 5. The van der Waals surface area contributed by atoms with Gasteiger partial charge in [-0.1, -0.05) is 6.92 Å². The standard InChI is InChI=1S/C20H27N3O5S/c1-7-28-14-8-9-16-15(10-14)13(2)11-20(3,4)23(16)29(26,27)17-12-21(5)19(25)22(6)18(17)24/h8-10,12-13H,7,11H2,1-6H3/t13-/m1/s1. The number of aryl methyl sites for hydroxylation is 1. The number of anilines is 1. The summed E-state index contributed by atoms with van der Waals surface area (Å²) >= 11 is 0. The molecule has 0 saturated carbocycles. The zero-order chi connectivity index (χ0) is 21.7. The van der Waals surface area contributed by atoms with Crippen molar-refractivity contribution in [3.8, 4) is 5.75 Å². The Morgan fingerprint density at radius 1 is 1.21 bits per heavy atom. The molecule has 0 spiro atoms. The first kappa shape index (κ1) is 21.2. The first-order valence-electron chi connectivity index (χ1n) is 9.50. The molecule has 1 aliphatic rings. The van der Waals surface area contributed by atoms with E-state index >= 15 is 0 Å². The Morgan fingerprint density at radius 3 is 2.48 bits per heavy atom. The van der Waals surface area contributed by atoms with Crippen LogP contribution in [-0.2, 0) is 24.1 Å². The fourth-order valence-electron chi connectivity index (χ4n) is 4.14. The van der Waals surface area contributed by atoms with Crippen molar-refractivity contribution in [1.82, 2.24) is 9.13 Å². The number of hydrogen-bond donors (Lipinski definition) is 0. The minimum absolute atomic E-state index is 0.106. The highest BCUT2D eigenvalue weighted by atomic mass is 32.2. The third-order valence-corrected chi connectivity index (χ3v) is 7.36. The molecule has 0 unspecified atom stereocenters. The van der Waals surface area contributed by atoms with E-state index in [1.54, 1.807) is 12.1 Å². The predicted molar refractivity (Wildman–Crippen MR) is 111 cm³/mol. The molecule has 29 heavy (non-hydrogen) atoms. The number of ether oxygens (including phenoxy) is 1. The molecule has 1 aromatic carbocycles. The highest BCUT2D eigenvalue weighted by molar-refractivity contribution is 7.92. The minimum atomic E-state index is -4.22. The Bertz CT molecular complexity index is 1180. The third kappa shape index (κ3) is 3.37. The summed E-state index contributed by atoms with van der Waals surface area (Å²) in [4.78, 5) is 24.3.